The first-order chi connectivity index (χ1) is 9.60. The lowest BCUT2D eigenvalue weighted by Gasteiger charge is -2.23. The van der Waals surface area contributed by atoms with Gasteiger partial charge in [0.1, 0.15) is 5.75 Å². The van der Waals surface area contributed by atoms with Gasteiger partial charge in [-0.3, -0.25) is 0 Å². The zero-order valence-electron chi connectivity index (χ0n) is 12.2. The summed E-state index contributed by atoms with van der Waals surface area (Å²) in [6.07, 6.45) is -4.59. The van der Waals surface area contributed by atoms with Gasteiger partial charge in [-0.15, -0.1) is 25.6 Å². The Bertz CT molecular complexity index is 472. The van der Waals surface area contributed by atoms with E-state index in [0.29, 0.717) is 16.8 Å². The van der Waals surface area contributed by atoms with Crippen molar-refractivity contribution < 1.29 is 23.0 Å². The Morgan fingerprint density at radius 1 is 1.27 bits per heavy atom. The monoisotopic (exact) mass is 405 g/mol. The van der Waals surface area contributed by atoms with E-state index in [0.717, 1.165) is 6.42 Å². The molecule has 0 spiro atoms. The zero-order chi connectivity index (χ0) is 16.2. The molecule has 2 atom stereocenters. The summed E-state index contributed by atoms with van der Waals surface area (Å²) in [4.78, 5) is 0. The smallest absolute Gasteiger partial charge is 0.405 e. The highest BCUT2D eigenvalue weighted by molar-refractivity contribution is 9.10. The van der Waals surface area contributed by atoms with Crippen molar-refractivity contribution in [2.75, 3.05) is 0 Å². The van der Waals surface area contributed by atoms with Gasteiger partial charge < -0.3 is 15.6 Å². The van der Waals surface area contributed by atoms with E-state index in [-0.39, 0.29) is 23.7 Å². The van der Waals surface area contributed by atoms with Crippen molar-refractivity contribution in [3.05, 3.63) is 28.2 Å². The molecule has 1 aromatic carbocycles. The minimum atomic E-state index is -4.80. The van der Waals surface area contributed by atoms with Crippen LogP contribution in [-0.2, 0) is 0 Å². The van der Waals surface area contributed by atoms with Crippen LogP contribution in [0.3, 0.4) is 0 Å². The predicted molar refractivity (Wildman–Crippen MR) is 85.1 cm³/mol. The molecule has 128 valence electrons. The predicted octanol–water partition coefficient (Wildman–Crippen LogP) is 4.57. The molecule has 22 heavy (non-hydrogen) atoms. The zero-order valence-corrected chi connectivity index (χ0v) is 14.6. The van der Waals surface area contributed by atoms with E-state index >= 15 is 0 Å². The van der Waals surface area contributed by atoms with Crippen molar-refractivity contribution in [2.45, 2.75) is 45.2 Å². The molecule has 0 saturated heterocycles. The Hall–Kier alpha value is -0.500. The summed E-state index contributed by atoms with van der Waals surface area (Å²) in [6, 6.07) is 3.10. The fraction of sp³-hybridized carbons (Fsp3) is 0.571. The molecule has 0 fully saturated rings. The maximum Gasteiger partial charge on any atom is 0.573 e. The molecular formula is C14H20BrClF3NO2. The molecule has 0 aliphatic rings. The first-order valence-corrected chi connectivity index (χ1v) is 7.38. The van der Waals surface area contributed by atoms with E-state index in [1.807, 2.05) is 13.8 Å². The molecule has 0 unspecified atom stereocenters. The van der Waals surface area contributed by atoms with E-state index in [2.05, 4.69) is 20.7 Å². The number of aliphatic hydroxyl groups is 1. The van der Waals surface area contributed by atoms with Crippen LogP contribution in [0.4, 0.5) is 13.2 Å². The van der Waals surface area contributed by atoms with Crippen molar-refractivity contribution >= 4 is 28.3 Å². The second-order valence-corrected chi connectivity index (χ2v) is 6.21. The number of hydrogen-bond donors (Lipinski definition) is 2. The lowest BCUT2D eigenvalue weighted by Crippen LogP contribution is -2.28. The number of hydrogen-bond acceptors (Lipinski definition) is 3. The molecule has 0 radical (unpaired) electrons. The molecule has 0 amide bonds. The average molecular weight is 407 g/mol. The fourth-order valence-corrected chi connectivity index (χ4v) is 2.27. The Balaban J connectivity index is 0.00000441. The van der Waals surface area contributed by atoms with Gasteiger partial charge in [-0.25, -0.2) is 0 Å². The summed E-state index contributed by atoms with van der Waals surface area (Å²) in [7, 11) is 0. The quantitative estimate of drug-likeness (QED) is 0.728. The van der Waals surface area contributed by atoms with E-state index in [4.69, 9.17) is 5.73 Å². The topological polar surface area (TPSA) is 55.5 Å². The molecule has 0 aliphatic carbocycles. The third-order valence-corrected chi connectivity index (χ3v) is 3.50. The van der Waals surface area contributed by atoms with Gasteiger partial charge in [-0.05, 0) is 37.0 Å². The molecule has 1 rings (SSSR count). The number of alkyl halides is 3. The highest BCUT2D eigenvalue weighted by atomic mass is 79.9. The lowest BCUT2D eigenvalue weighted by molar-refractivity contribution is -0.275. The molecule has 0 aromatic heterocycles. The third-order valence-electron chi connectivity index (χ3n) is 3.01. The summed E-state index contributed by atoms with van der Waals surface area (Å²) in [5.41, 5.74) is 6.02. The normalized spacial score (nSPS) is 14.4. The van der Waals surface area contributed by atoms with E-state index < -0.39 is 18.5 Å². The number of nitrogens with two attached hydrogens (primary N) is 1. The van der Waals surface area contributed by atoms with Crippen LogP contribution >= 0.6 is 28.3 Å². The van der Waals surface area contributed by atoms with Gasteiger partial charge in [-0.1, -0.05) is 29.8 Å². The molecular weight excluding hydrogens is 387 g/mol. The Morgan fingerprint density at radius 3 is 2.36 bits per heavy atom. The standard InChI is InChI=1S/C14H19BrF3NO2.ClH/c1-8(2)3-5-11(20)13(19)10-7-9(15)4-6-12(10)21-14(16,17)18;/h4,6-8,11,13,20H,3,5,19H2,1-2H3;1H/t11-,13+;/m1./s1. The summed E-state index contributed by atoms with van der Waals surface area (Å²) in [5, 5.41) is 10.1. The van der Waals surface area contributed by atoms with Gasteiger partial charge in [0, 0.05) is 10.0 Å². The van der Waals surface area contributed by atoms with E-state index in [9.17, 15) is 18.3 Å². The van der Waals surface area contributed by atoms with Gasteiger partial charge >= 0.3 is 6.36 Å². The molecule has 0 saturated carbocycles. The molecule has 0 aliphatic heterocycles. The highest BCUT2D eigenvalue weighted by Gasteiger charge is 2.33. The summed E-state index contributed by atoms with van der Waals surface area (Å²) >= 11 is 3.18. The maximum absolute atomic E-state index is 12.4. The van der Waals surface area contributed by atoms with Crippen LogP contribution < -0.4 is 10.5 Å². The van der Waals surface area contributed by atoms with Crippen LogP contribution in [0.25, 0.3) is 0 Å². The fourth-order valence-electron chi connectivity index (χ4n) is 1.89. The van der Waals surface area contributed by atoms with Gasteiger partial charge in [0.25, 0.3) is 0 Å². The van der Waals surface area contributed by atoms with Crippen molar-refractivity contribution in [3.8, 4) is 5.75 Å². The first-order valence-electron chi connectivity index (χ1n) is 6.59. The third kappa shape index (κ3) is 7.17. The Morgan fingerprint density at radius 2 is 1.86 bits per heavy atom. The van der Waals surface area contributed by atoms with Crippen molar-refractivity contribution in [1.29, 1.82) is 0 Å². The van der Waals surface area contributed by atoms with Gasteiger partial charge in [0.15, 0.2) is 0 Å². The van der Waals surface area contributed by atoms with E-state index in [1.165, 1.54) is 18.2 Å². The minimum absolute atomic E-state index is 0. The van der Waals surface area contributed by atoms with Crippen LogP contribution in [0.15, 0.2) is 22.7 Å². The molecule has 0 heterocycles. The number of aliphatic hydroxyl groups excluding tert-OH is 1. The van der Waals surface area contributed by atoms with Gasteiger partial charge in [0.2, 0.25) is 0 Å². The van der Waals surface area contributed by atoms with Crippen molar-refractivity contribution in [2.24, 2.45) is 11.7 Å². The van der Waals surface area contributed by atoms with Crippen LogP contribution in [0.2, 0.25) is 0 Å². The first kappa shape index (κ1) is 21.5. The SMILES string of the molecule is CC(C)CC[C@@H](O)[C@@H](N)c1cc(Br)ccc1OC(F)(F)F.Cl. The molecule has 3 N–H and O–H groups in total. The van der Waals surface area contributed by atoms with Crippen molar-refractivity contribution in [1.82, 2.24) is 0 Å². The van der Waals surface area contributed by atoms with E-state index in [1.54, 1.807) is 0 Å². The Labute approximate surface area is 142 Å². The maximum atomic E-state index is 12.4. The van der Waals surface area contributed by atoms with Gasteiger partial charge in [0.05, 0.1) is 12.1 Å². The molecule has 0 bridgehead atoms. The molecule has 3 nitrogen and oxygen atoms in total. The average Bonchev–Trinajstić information content (AvgIpc) is 2.35. The second-order valence-electron chi connectivity index (χ2n) is 5.29. The van der Waals surface area contributed by atoms with Crippen molar-refractivity contribution in [3.63, 3.8) is 0 Å². The van der Waals surface area contributed by atoms with Crippen LogP contribution in [-0.4, -0.2) is 17.6 Å². The Kier molecular flexibility index (Phi) is 8.75. The summed E-state index contributed by atoms with van der Waals surface area (Å²) < 4.78 is 41.8. The summed E-state index contributed by atoms with van der Waals surface area (Å²) in [5.74, 6) is -0.0120. The number of benzene rings is 1. The largest absolute Gasteiger partial charge is 0.573 e. The lowest BCUT2D eigenvalue weighted by atomic mass is 9.95. The van der Waals surface area contributed by atoms with Crippen LogP contribution in [0.1, 0.15) is 38.3 Å². The van der Waals surface area contributed by atoms with Gasteiger partial charge in [-0.2, -0.15) is 0 Å². The minimum Gasteiger partial charge on any atom is -0.405 e. The summed E-state index contributed by atoms with van der Waals surface area (Å²) in [6.45, 7) is 3.99. The van der Waals surface area contributed by atoms with Crippen LogP contribution in [0, 0.1) is 5.92 Å². The molecule has 8 heteroatoms. The highest BCUT2D eigenvalue weighted by Crippen LogP contribution is 2.34. The second kappa shape index (κ2) is 8.96. The number of rotatable bonds is 6. The molecule has 1 aromatic rings. The number of halogens is 5. The number of ether oxygens (including phenoxy) is 1. The van der Waals surface area contributed by atoms with Crippen LogP contribution in [0.5, 0.6) is 5.75 Å².